The Hall–Kier alpha value is -3.48. The van der Waals surface area contributed by atoms with E-state index in [-0.39, 0.29) is 4.90 Å². The Kier molecular flexibility index (Phi) is 5.94. The van der Waals surface area contributed by atoms with Gasteiger partial charge in [-0.25, -0.2) is 13.4 Å². The van der Waals surface area contributed by atoms with E-state index in [1.54, 1.807) is 12.1 Å². The highest BCUT2D eigenvalue weighted by molar-refractivity contribution is 7.89. The maximum Gasteiger partial charge on any atom is 0.245 e. The summed E-state index contributed by atoms with van der Waals surface area (Å²) in [5.41, 5.74) is 4.30. The fraction of sp³-hybridized carbons (Fsp3) is 0.148. The molecule has 1 aromatic heterocycles. The molecule has 5 rings (SSSR count). The third-order valence-electron chi connectivity index (χ3n) is 5.93. The first-order chi connectivity index (χ1) is 16.1. The summed E-state index contributed by atoms with van der Waals surface area (Å²) >= 11 is 0. The zero-order chi connectivity index (χ0) is 22.7. The number of rotatable bonds is 7. The van der Waals surface area contributed by atoms with Crippen LogP contribution < -0.4 is 4.90 Å². The van der Waals surface area contributed by atoms with Crippen LogP contribution in [0.3, 0.4) is 0 Å². The molecule has 0 saturated carbocycles. The van der Waals surface area contributed by atoms with Gasteiger partial charge in [0, 0.05) is 31.5 Å². The molecular formula is C27H25N3O2S. The molecule has 0 amide bonds. The second-order valence-electron chi connectivity index (χ2n) is 8.13. The SMILES string of the molecule is O=S(=O)(c1ccc(N2CCc3ccccc32)nc1)N(Cc1ccccc1)Cc1ccccc1. The van der Waals surface area contributed by atoms with Crippen LogP contribution in [0.2, 0.25) is 0 Å². The Morgan fingerprint density at radius 2 is 1.36 bits per heavy atom. The number of fused-ring (bicyclic) bond motifs is 1. The molecule has 0 radical (unpaired) electrons. The van der Waals surface area contributed by atoms with Crippen molar-refractivity contribution in [3.63, 3.8) is 0 Å². The fourth-order valence-corrected chi connectivity index (χ4v) is 5.57. The molecule has 166 valence electrons. The van der Waals surface area contributed by atoms with Gasteiger partial charge < -0.3 is 4.90 Å². The van der Waals surface area contributed by atoms with Crippen LogP contribution in [0.5, 0.6) is 0 Å². The fourth-order valence-electron chi connectivity index (χ4n) is 4.21. The smallest absolute Gasteiger partial charge is 0.245 e. The molecule has 0 N–H and O–H groups in total. The van der Waals surface area contributed by atoms with Crippen LogP contribution in [-0.2, 0) is 29.5 Å². The van der Waals surface area contributed by atoms with Gasteiger partial charge in [-0.1, -0.05) is 78.9 Å². The van der Waals surface area contributed by atoms with Crippen molar-refractivity contribution in [1.82, 2.24) is 9.29 Å². The van der Waals surface area contributed by atoms with Gasteiger partial charge in [-0.15, -0.1) is 0 Å². The van der Waals surface area contributed by atoms with Crippen LogP contribution in [0.4, 0.5) is 11.5 Å². The first-order valence-corrected chi connectivity index (χ1v) is 12.4. The third kappa shape index (κ3) is 4.53. The minimum absolute atomic E-state index is 0.200. The van der Waals surface area contributed by atoms with Crippen molar-refractivity contribution in [3.8, 4) is 0 Å². The van der Waals surface area contributed by atoms with Crippen LogP contribution in [0.1, 0.15) is 16.7 Å². The molecule has 0 unspecified atom stereocenters. The Morgan fingerprint density at radius 3 is 1.97 bits per heavy atom. The third-order valence-corrected chi connectivity index (χ3v) is 7.70. The van der Waals surface area contributed by atoms with Crippen molar-refractivity contribution in [2.45, 2.75) is 24.4 Å². The van der Waals surface area contributed by atoms with E-state index in [4.69, 9.17) is 0 Å². The van der Waals surface area contributed by atoms with Crippen LogP contribution in [0, 0.1) is 0 Å². The van der Waals surface area contributed by atoms with Crippen molar-refractivity contribution >= 4 is 21.5 Å². The molecule has 2 heterocycles. The van der Waals surface area contributed by atoms with Gasteiger partial charge in [0.1, 0.15) is 10.7 Å². The van der Waals surface area contributed by atoms with Crippen molar-refractivity contribution < 1.29 is 8.42 Å². The van der Waals surface area contributed by atoms with E-state index in [0.717, 1.165) is 35.6 Å². The standard InChI is InChI=1S/C27H25N3O2S/c31-33(32,29(20-22-9-3-1-4-10-22)21-23-11-5-2-6-12-23)25-15-16-27(28-19-25)30-18-17-24-13-7-8-14-26(24)30/h1-16,19H,17-18,20-21H2. The molecule has 0 spiro atoms. The number of anilines is 2. The van der Waals surface area contributed by atoms with Crippen molar-refractivity contribution in [3.05, 3.63) is 120 Å². The van der Waals surface area contributed by atoms with Crippen LogP contribution in [0.25, 0.3) is 0 Å². The van der Waals surface area contributed by atoms with Crippen LogP contribution in [0.15, 0.2) is 108 Å². The molecule has 3 aromatic carbocycles. The van der Waals surface area contributed by atoms with Crippen molar-refractivity contribution in [2.24, 2.45) is 0 Å². The minimum Gasteiger partial charge on any atom is -0.326 e. The van der Waals surface area contributed by atoms with Gasteiger partial charge in [-0.2, -0.15) is 4.31 Å². The van der Waals surface area contributed by atoms with E-state index in [1.807, 2.05) is 72.8 Å². The molecule has 0 bridgehead atoms. The van der Waals surface area contributed by atoms with Gasteiger partial charge in [0.25, 0.3) is 0 Å². The van der Waals surface area contributed by atoms with Crippen LogP contribution in [-0.4, -0.2) is 24.3 Å². The largest absolute Gasteiger partial charge is 0.326 e. The molecule has 1 aliphatic rings. The van der Waals surface area contributed by atoms with E-state index in [9.17, 15) is 8.42 Å². The minimum atomic E-state index is -3.75. The number of para-hydroxylation sites is 1. The van der Waals surface area contributed by atoms with E-state index in [0.29, 0.717) is 13.1 Å². The molecule has 0 saturated heterocycles. The maximum atomic E-state index is 13.6. The van der Waals surface area contributed by atoms with Crippen LogP contribution >= 0.6 is 0 Å². The van der Waals surface area contributed by atoms with E-state index in [2.05, 4.69) is 22.0 Å². The molecule has 5 nitrogen and oxygen atoms in total. The van der Waals surface area contributed by atoms with Gasteiger partial charge in [-0.05, 0) is 41.3 Å². The topological polar surface area (TPSA) is 53.5 Å². The second-order valence-corrected chi connectivity index (χ2v) is 10.1. The van der Waals surface area contributed by atoms with Crippen molar-refractivity contribution in [1.29, 1.82) is 0 Å². The highest BCUT2D eigenvalue weighted by Gasteiger charge is 2.27. The number of hydrogen-bond donors (Lipinski definition) is 0. The number of pyridine rings is 1. The molecule has 1 aliphatic heterocycles. The Labute approximate surface area is 195 Å². The zero-order valence-corrected chi connectivity index (χ0v) is 19.0. The van der Waals surface area contributed by atoms with Gasteiger partial charge in [0.15, 0.2) is 0 Å². The average Bonchev–Trinajstić information content (AvgIpc) is 3.29. The summed E-state index contributed by atoms with van der Waals surface area (Å²) in [6.45, 7) is 1.42. The lowest BCUT2D eigenvalue weighted by atomic mass is 10.2. The van der Waals surface area contributed by atoms with E-state index >= 15 is 0 Å². The van der Waals surface area contributed by atoms with Gasteiger partial charge in [0.05, 0.1) is 0 Å². The predicted octanol–water partition coefficient (Wildman–Crippen LogP) is 5.17. The number of sulfonamides is 1. The summed E-state index contributed by atoms with van der Waals surface area (Å²) in [7, 11) is -3.75. The van der Waals surface area contributed by atoms with Gasteiger partial charge in [0.2, 0.25) is 10.0 Å². The quantitative estimate of drug-likeness (QED) is 0.386. The first-order valence-electron chi connectivity index (χ1n) is 11.0. The summed E-state index contributed by atoms with van der Waals surface area (Å²) in [5.74, 6) is 0.761. The Morgan fingerprint density at radius 1 is 0.758 bits per heavy atom. The number of nitrogens with zero attached hydrogens (tertiary/aromatic N) is 3. The van der Waals surface area contributed by atoms with Gasteiger partial charge >= 0.3 is 0 Å². The summed E-state index contributed by atoms with van der Waals surface area (Å²) < 4.78 is 28.8. The Bertz CT molecular complexity index is 1280. The monoisotopic (exact) mass is 455 g/mol. The average molecular weight is 456 g/mol. The molecule has 0 aliphatic carbocycles. The lowest BCUT2D eigenvalue weighted by Crippen LogP contribution is -2.30. The van der Waals surface area contributed by atoms with Gasteiger partial charge in [-0.3, -0.25) is 0 Å². The molecule has 6 heteroatoms. The molecule has 4 aromatic rings. The Balaban J connectivity index is 1.44. The first kappa shape index (κ1) is 21.4. The summed E-state index contributed by atoms with van der Waals surface area (Å²) in [6, 6.07) is 31.1. The molecule has 33 heavy (non-hydrogen) atoms. The lowest BCUT2D eigenvalue weighted by Gasteiger charge is -2.23. The normalized spacial score (nSPS) is 13.3. The number of hydrogen-bond acceptors (Lipinski definition) is 4. The number of aromatic nitrogens is 1. The van der Waals surface area contributed by atoms with E-state index < -0.39 is 10.0 Å². The summed E-state index contributed by atoms with van der Waals surface area (Å²) in [4.78, 5) is 6.88. The molecule has 0 atom stereocenters. The second kappa shape index (κ2) is 9.17. The highest BCUT2D eigenvalue weighted by atomic mass is 32.2. The maximum absolute atomic E-state index is 13.6. The molecule has 0 fully saturated rings. The highest BCUT2D eigenvalue weighted by Crippen LogP contribution is 2.33. The number of benzene rings is 3. The summed E-state index contributed by atoms with van der Waals surface area (Å²) in [6.07, 6.45) is 2.44. The summed E-state index contributed by atoms with van der Waals surface area (Å²) in [5, 5.41) is 0. The lowest BCUT2D eigenvalue weighted by molar-refractivity contribution is 0.401. The predicted molar refractivity (Wildman–Crippen MR) is 131 cm³/mol. The molecular weight excluding hydrogens is 430 g/mol. The zero-order valence-electron chi connectivity index (χ0n) is 18.2. The van der Waals surface area contributed by atoms with E-state index in [1.165, 1.54) is 16.1 Å². The van der Waals surface area contributed by atoms with Crippen molar-refractivity contribution in [2.75, 3.05) is 11.4 Å².